The van der Waals surface area contributed by atoms with E-state index in [1.54, 1.807) is 16.8 Å². The Hall–Kier alpha value is -3.04. The first kappa shape index (κ1) is 22.2. The normalized spacial score (nSPS) is 15.5. The summed E-state index contributed by atoms with van der Waals surface area (Å²) in [6, 6.07) is 8.71. The van der Waals surface area contributed by atoms with Gasteiger partial charge in [-0.1, -0.05) is 30.9 Å². The summed E-state index contributed by atoms with van der Waals surface area (Å²) in [5.41, 5.74) is 1.04. The molecule has 1 aliphatic carbocycles. The van der Waals surface area contributed by atoms with Gasteiger partial charge in [0.1, 0.15) is 5.82 Å². The van der Waals surface area contributed by atoms with Gasteiger partial charge in [-0.25, -0.2) is 9.07 Å². The predicted molar refractivity (Wildman–Crippen MR) is 123 cm³/mol. The molecule has 1 saturated carbocycles. The molecule has 0 bridgehead atoms. The van der Waals surface area contributed by atoms with E-state index in [2.05, 4.69) is 5.10 Å². The van der Waals surface area contributed by atoms with Crippen LogP contribution >= 0.6 is 22.9 Å². The quantitative estimate of drug-likeness (QED) is 0.290. The maximum atomic E-state index is 13.4. The van der Waals surface area contributed by atoms with Crippen molar-refractivity contribution in [3.05, 3.63) is 73.1 Å². The Balaban J connectivity index is 1.81. The SMILES string of the molecule is O=[N+]([O-])c1cc(Cl)cc(C=Nn2c(-c3ccc(F)cc3)csc2=NC2CCCCC2)c1O. The molecule has 0 unspecified atom stereocenters. The first-order valence-corrected chi connectivity index (χ1v) is 11.4. The van der Waals surface area contributed by atoms with E-state index in [1.165, 1.54) is 42.2 Å². The number of hydrogen-bond donors (Lipinski definition) is 1. The number of nitro benzene ring substituents is 1. The average molecular weight is 475 g/mol. The van der Waals surface area contributed by atoms with Crippen LogP contribution in [-0.2, 0) is 0 Å². The summed E-state index contributed by atoms with van der Waals surface area (Å²) in [5, 5.41) is 28.0. The summed E-state index contributed by atoms with van der Waals surface area (Å²) < 4.78 is 15.0. The summed E-state index contributed by atoms with van der Waals surface area (Å²) >= 11 is 7.40. The van der Waals surface area contributed by atoms with Crippen molar-refractivity contribution in [1.29, 1.82) is 0 Å². The Morgan fingerprint density at radius 2 is 1.94 bits per heavy atom. The number of nitro groups is 1. The van der Waals surface area contributed by atoms with Crippen molar-refractivity contribution in [2.45, 2.75) is 38.1 Å². The minimum atomic E-state index is -0.704. The van der Waals surface area contributed by atoms with Gasteiger partial charge in [-0.3, -0.25) is 15.1 Å². The van der Waals surface area contributed by atoms with E-state index < -0.39 is 16.4 Å². The molecule has 0 amide bonds. The number of thiazole rings is 1. The fourth-order valence-corrected chi connectivity index (χ4v) is 4.78. The van der Waals surface area contributed by atoms with Gasteiger partial charge in [-0.05, 0) is 43.2 Å². The predicted octanol–water partition coefficient (Wildman–Crippen LogP) is 5.74. The van der Waals surface area contributed by atoms with Crippen LogP contribution in [0.4, 0.5) is 10.1 Å². The van der Waals surface area contributed by atoms with Crippen LogP contribution in [0.25, 0.3) is 11.3 Å². The maximum Gasteiger partial charge on any atom is 0.312 e. The van der Waals surface area contributed by atoms with Crippen LogP contribution in [0.2, 0.25) is 5.02 Å². The monoisotopic (exact) mass is 474 g/mol. The minimum absolute atomic E-state index is 0.108. The Morgan fingerprint density at radius 3 is 2.62 bits per heavy atom. The highest BCUT2D eigenvalue weighted by Gasteiger charge is 2.18. The number of aromatic hydroxyl groups is 1. The third-order valence-electron chi connectivity index (χ3n) is 5.29. The zero-order valence-electron chi connectivity index (χ0n) is 16.9. The molecule has 166 valence electrons. The van der Waals surface area contributed by atoms with Crippen LogP contribution in [0.3, 0.4) is 0 Å². The molecule has 0 aliphatic heterocycles. The number of phenolic OH excluding ortho intramolecular Hbond substituents is 1. The van der Waals surface area contributed by atoms with Crippen molar-refractivity contribution in [1.82, 2.24) is 4.68 Å². The van der Waals surface area contributed by atoms with Gasteiger partial charge in [0.15, 0.2) is 0 Å². The van der Waals surface area contributed by atoms with Gasteiger partial charge < -0.3 is 5.11 Å². The smallest absolute Gasteiger partial charge is 0.312 e. The van der Waals surface area contributed by atoms with Crippen molar-refractivity contribution in [3.8, 4) is 17.0 Å². The molecule has 10 heteroatoms. The molecule has 0 saturated heterocycles. The number of halogens is 2. The molecule has 1 aliphatic rings. The lowest BCUT2D eigenvalue weighted by atomic mass is 9.96. The van der Waals surface area contributed by atoms with Crippen LogP contribution in [0, 0.1) is 15.9 Å². The molecule has 3 aromatic rings. The third-order valence-corrected chi connectivity index (χ3v) is 6.33. The number of aromatic nitrogens is 1. The van der Waals surface area contributed by atoms with Gasteiger partial charge in [-0.15, -0.1) is 11.3 Å². The number of phenols is 1. The first-order chi connectivity index (χ1) is 15.4. The molecule has 1 heterocycles. The van der Waals surface area contributed by atoms with E-state index in [1.807, 2.05) is 5.38 Å². The van der Waals surface area contributed by atoms with E-state index in [9.17, 15) is 19.6 Å². The number of hydrogen-bond acceptors (Lipinski definition) is 6. The van der Waals surface area contributed by atoms with Crippen molar-refractivity contribution >= 4 is 34.8 Å². The van der Waals surface area contributed by atoms with E-state index in [4.69, 9.17) is 16.6 Å². The highest BCUT2D eigenvalue weighted by Crippen LogP contribution is 2.32. The molecule has 0 radical (unpaired) electrons. The molecule has 2 aromatic carbocycles. The highest BCUT2D eigenvalue weighted by atomic mass is 35.5. The van der Waals surface area contributed by atoms with Gasteiger partial charge in [0, 0.05) is 27.6 Å². The van der Waals surface area contributed by atoms with Gasteiger partial charge in [0.05, 0.1) is 22.9 Å². The van der Waals surface area contributed by atoms with Crippen molar-refractivity contribution in [2.75, 3.05) is 0 Å². The second-order valence-corrected chi connectivity index (χ2v) is 8.78. The van der Waals surface area contributed by atoms with E-state index in [-0.39, 0.29) is 22.4 Å². The molecule has 1 fully saturated rings. The maximum absolute atomic E-state index is 13.4. The fourth-order valence-electron chi connectivity index (χ4n) is 3.65. The molecular formula is C22H20ClFN4O3S. The van der Waals surface area contributed by atoms with E-state index >= 15 is 0 Å². The second kappa shape index (κ2) is 9.62. The van der Waals surface area contributed by atoms with Crippen molar-refractivity contribution < 1.29 is 14.4 Å². The molecule has 32 heavy (non-hydrogen) atoms. The molecule has 0 spiro atoms. The van der Waals surface area contributed by atoms with Crippen molar-refractivity contribution in [3.63, 3.8) is 0 Å². The third kappa shape index (κ3) is 4.89. The standard InChI is InChI=1S/C22H20ClFN4O3S/c23-16-10-15(21(29)19(11-16)28(30)31)12-25-27-20(14-6-8-17(24)9-7-14)13-32-22(27)26-18-4-2-1-3-5-18/h6-13,18,29H,1-5H2. The number of rotatable bonds is 5. The van der Waals surface area contributed by atoms with Crippen LogP contribution in [-0.4, -0.2) is 27.0 Å². The zero-order valence-corrected chi connectivity index (χ0v) is 18.5. The lowest BCUT2D eigenvalue weighted by Gasteiger charge is -2.16. The number of benzene rings is 2. The Labute approximate surface area is 192 Å². The fraction of sp³-hybridized carbons (Fsp3) is 0.273. The van der Waals surface area contributed by atoms with Gasteiger partial charge in [-0.2, -0.15) is 5.10 Å². The second-order valence-electron chi connectivity index (χ2n) is 7.51. The molecule has 1 aromatic heterocycles. The first-order valence-electron chi connectivity index (χ1n) is 10.1. The largest absolute Gasteiger partial charge is 0.502 e. The lowest BCUT2D eigenvalue weighted by Crippen LogP contribution is -2.19. The summed E-state index contributed by atoms with van der Waals surface area (Å²) in [4.78, 5) is 16.0. The Morgan fingerprint density at radius 1 is 1.22 bits per heavy atom. The van der Waals surface area contributed by atoms with Gasteiger partial charge in [0.25, 0.3) is 0 Å². The van der Waals surface area contributed by atoms with Crippen LogP contribution < -0.4 is 4.80 Å². The van der Waals surface area contributed by atoms with Gasteiger partial charge in [0.2, 0.25) is 10.6 Å². The minimum Gasteiger partial charge on any atom is -0.502 e. The summed E-state index contributed by atoms with van der Waals surface area (Å²) in [6.45, 7) is 0. The summed E-state index contributed by atoms with van der Waals surface area (Å²) in [5.74, 6) is -0.865. The molecule has 0 atom stereocenters. The van der Waals surface area contributed by atoms with Gasteiger partial charge >= 0.3 is 5.69 Å². The summed E-state index contributed by atoms with van der Waals surface area (Å²) in [6.07, 6.45) is 6.81. The molecule has 1 N–H and O–H groups in total. The highest BCUT2D eigenvalue weighted by molar-refractivity contribution is 7.07. The Kier molecular flexibility index (Phi) is 6.66. The topological polar surface area (TPSA) is 93.0 Å². The summed E-state index contributed by atoms with van der Waals surface area (Å²) in [7, 11) is 0. The van der Waals surface area contributed by atoms with E-state index in [0.29, 0.717) is 10.5 Å². The van der Waals surface area contributed by atoms with E-state index in [0.717, 1.165) is 37.3 Å². The van der Waals surface area contributed by atoms with Crippen LogP contribution in [0.1, 0.15) is 37.7 Å². The molecule has 4 rings (SSSR count). The Bertz CT molecular complexity index is 1230. The zero-order chi connectivity index (χ0) is 22.7. The van der Waals surface area contributed by atoms with Crippen LogP contribution in [0.5, 0.6) is 5.75 Å². The average Bonchev–Trinajstić information content (AvgIpc) is 3.17. The lowest BCUT2D eigenvalue weighted by molar-refractivity contribution is -0.385. The number of nitrogens with zero attached hydrogens (tertiary/aromatic N) is 4. The van der Waals surface area contributed by atoms with Crippen molar-refractivity contribution in [2.24, 2.45) is 10.1 Å². The molecule has 7 nitrogen and oxygen atoms in total. The molecular weight excluding hydrogens is 455 g/mol. The van der Waals surface area contributed by atoms with Crippen LogP contribution in [0.15, 0.2) is 51.9 Å².